The van der Waals surface area contributed by atoms with Crippen molar-refractivity contribution in [2.75, 3.05) is 26.2 Å². The van der Waals surface area contributed by atoms with Crippen LogP contribution in [-0.4, -0.2) is 51.9 Å². The molecule has 34 heavy (non-hydrogen) atoms. The van der Waals surface area contributed by atoms with Crippen LogP contribution in [0.2, 0.25) is 0 Å². The minimum absolute atomic E-state index is 0.129. The van der Waals surface area contributed by atoms with Crippen molar-refractivity contribution >= 4 is 5.91 Å². The Labute approximate surface area is 201 Å². The van der Waals surface area contributed by atoms with Crippen molar-refractivity contribution in [3.63, 3.8) is 0 Å². The van der Waals surface area contributed by atoms with Crippen LogP contribution in [0.3, 0.4) is 0 Å². The molecule has 0 bridgehead atoms. The topological polar surface area (TPSA) is 52.2 Å². The normalized spacial score (nSPS) is 15.4. The second-order valence-electron chi connectivity index (χ2n) is 8.85. The van der Waals surface area contributed by atoms with Crippen LogP contribution < -0.4 is 0 Å². The van der Waals surface area contributed by atoms with E-state index in [-0.39, 0.29) is 17.9 Å². The van der Waals surface area contributed by atoms with Crippen molar-refractivity contribution in [2.24, 2.45) is 0 Å². The van der Waals surface area contributed by atoms with E-state index in [9.17, 15) is 4.79 Å². The molecule has 1 aliphatic rings. The van der Waals surface area contributed by atoms with Crippen molar-refractivity contribution in [3.8, 4) is 11.3 Å². The molecule has 0 saturated carbocycles. The van der Waals surface area contributed by atoms with Gasteiger partial charge >= 0.3 is 0 Å². The highest BCUT2D eigenvalue weighted by molar-refractivity contribution is 5.82. The quantitative estimate of drug-likeness (QED) is 0.444. The Hall–Kier alpha value is -3.70. The molecule has 1 N–H and O–H groups in total. The van der Waals surface area contributed by atoms with Crippen LogP contribution in [0.5, 0.6) is 0 Å². The summed E-state index contributed by atoms with van der Waals surface area (Å²) in [4.78, 5) is 25.6. The first-order valence-corrected chi connectivity index (χ1v) is 11.9. The first kappa shape index (κ1) is 22.1. The molecular formula is C29H30N4O. The molecule has 0 radical (unpaired) electrons. The van der Waals surface area contributed by atoms with E-state index in [0.29, 0.717) is 13.1 Å². The van der Waals surface area contributed by atoms with Crippen LogP contribution in [0.15, 0.2) is 97.2 Å². The number of nitrogens with zero attached hydrogens (tertiary/aromatic N) is 3. The third kappa shape index (κ3) is 4.66. The second-order valence-corrected chi connectivity index (χ2v) is 8.85. The minimum Gasteiger partial charge on any atom is -0.341 e. The highest BCUT2D eigenvalue weighted by atomic mass is 16.2. The van der Waals surface area contributed by atoms with Gasteiger partial charge in [0, 0.05) is 26.2 Å². The number of H-pyrrole nitrogens is 1. The van der Waals surface area contributed by atoms with Crippen LogP contribution in [-0.2, 0) is 4.79 Å². The van der Waals surface area contributed by atoms with Gasteiger partial charge in [0.05, 0.1) is 23.9 Å². The van der Waals surface area contributed by atoms with E-state index < -0.39 is 0 Å². The van der Waals surface area contributed by atoms with E-state index in [2.05, 4.69) is 75.5 Å². The van der Waals surface area contributed by atoms with Gasteiger partial charge in [-0.3, -0.25) is 9.69 Å². The maximum Gasteiger partial charge on any atom is 0.233 e. The number of rotatable bonds is 6. The van der Waals surface area contributed by atoms with E-state index in [1.54, 1.807) is 0 Å². The number of nitrogens with one attached hydrogen (secondary N) is 1. The Bertz CT molecular complexity index is 1160. The van der Waals surface area contributed by atoms with E-state index in [4.69, 9.17) is 0 Å². The van der Waals surface area contributed by atoms with Crippen LogP contribution in [0.25, 0.3) is 11.3 Å². The van der Waals surface area contributed by atoms with Crippen molar-refractivity contribution in [2.45, 2.75) is 18.9 Å². The molecule has 2 heterocycles. The average molecular weight is 451 g/mol. The predicted molar refractivity (Wildman–Crippen MR) is 135 cm³/mol. The maximum atomic E-state index is 13.3. The fourth-order valence-corrected chi connectivity index (χ4v) is 4.80. The summed E-state index contributed by atoms with van der Waals surface area (Å²) in [7, 11) is 0. The number of piperazine rings is 1. The number of carbonyl (C=O) groups excluding carboxylic acids is 1. The Morgan fingerprint density at radius 1 is 0.794 bits per heavy atom. The Morgan fingerprint density at radius 2 is 1.32 bits per heavy atom. The van der Waals surface area contributed by atoms with Crippen LogP contribution in [0, 0.1) is 0 Å². The molecule has 1 unspecified atom stereocenters. The number of aromatic amines is 1. The van der Waals surface area contributed by atoms with Crippen LogP contribution in [0.4, 0.5) is 0 Å². The highest BCUT2D eigenvalue weighted by Gasteiger charge is 2.31. The lowest BCUT2D eigenvalue weighted by molar-refractivity contribution is -0.134. The summed E-state index contributed by atoms with van der Waals surface area (Å²) in [5.41, 5.74) is 4.58. The van der Waals surface area contributed by atoms with Gasteiger partial charge in [-0.1, -0.05) is 91.0 Å². The van der Waals surface area contributed by atoms with Gasteiger partial charge in [0.1, 0.15) is 5.82 Å². The lowest BCUT2D eigenvalue weighted by atomic mass is 9.96. The molecule has 1 aliphatic heterocycles. The van der Waals surface area contributed by atoms with E-state index in [1.165, 1.54) is 11.1 Å². The monoisotopic (exact) mass is 450 g/mol. The van der Waals surface area contributed by atoms with Gasteiger partial charge in [0.15, 0.2) is 0 Å². The fraction of sp³-hybridized carbons (Fsp3) is 0.241. The summed E-state index contributed by atoms with van der Waals surface area (Å²) in [5, 5.41) is 0. The van der Waals surface area contributed by atoms with Crippen LogP contribution in [0.1, 0.15) is 35.8 Å². The van der Waals surface area contributed by atoms with Gasteiger partial charge in [-0.2, -0.15) is 0 Å². The van der Waals surface area contributed by atoms with Gasteiger partial charge in [-0.05, 0) is 23.6 Å². The van der Waals surface area contributed by atoms with E-state index in [0.717, 1.165) is 30.2 Å². The number of imidazole rings is 1. The molecule has 3 aromatic carbocycles. The fourth-order valence-electron chi connectivity index (χ4n) is 4.80. The van der Waals surface area contributed by atoms with Gasteiger partial charge in [0.25, 0.3) is 0 Å². The summed E-state index contributed by atoms with van der Waals surface area (Å²) < 4.78 is 0. The zero-order chi connectivity index (χ0) is 23.3. The molecule has 1 aromatic heterocycles. The zero-order valence-corrected chi connectivity index (χ0v) is 19.5. The highest BCUT2D eigenvalue weighted by Crippen LogP contribution is 2.30. The molecule has 4 aromatic rings. The maximum absolute atomic E-state index is 13.3. The Kier molecular flexibility index (Phi) is 6.54. The number of hydrogen-bond acceptors (Lipinski definition) is 3. The number of aromatic nitrogens is 2. The smallest absolute Gasteiger partial charge is 0.233 e. The lowest BCUT2D eigenvalue weighted by Crippen LogP contribution is -2.50. The molecule has 172 valence electrons. The van der Waals surface area contributed by atoms with Crippen molar-refractivity contribution in [3.05, 3.63) is 114 Å². The summed E-state index contributed by atoms with van der Waals surface area (Å²) in [6.07, 6.45) is 1.82. The van der Waals surface area contributed by atoms with Crippen molar-refractivity contribution < 1.29 is 4.79 Å². The van der Waals surface area contributed by atoms with E-state index >= 15 is 0 Å². The van der Waals surface area contributed by atoms with Crippen molar-refractivity contribution in [1.29, 1.82) is 0 Å². The molecule has 5 nitrogen and oxygen atoms in total. The molecule has 0 aliphatic carbocycles. The molecule has 5 heteroatoms. The summed E-state index contributed by atoms with van der Waals surface area (Å²) in [5.74, 6) is 0.547. The molecule has 1 fully saturated rings. The summed E-state index contributed by atoms with van der Waals surface area (Å²) in [6, 6.07) is 31.5. The Morgan fingerprint density at radius 3 is 1.88 bits per heavy atom. The van der Waals surface area contributed by atoms with Gasteiger partial charge < -0.3 is 9.88 Å². The largest absolute Gasteiger partial charge is 0.341 e. The third-order valence-corrected chi connectivity index (χ3v) is 6.68. The number of hydrogen-bond donors (Lipinski definition) is 1. The summed E-state index contributed by atoms with van der Waals surface area (Å²) >= 11 is 0. The molecule has 1 atom stereocenters. The average Bonchev–Trinajstić information content (AvgIpc) is 3.41. The molecule has 0 spiro atoms. The van der Waals surface area contributed by atoms with Gasteiger partial charge in [-0.25, -0.2) is 4.98 Å². The van der Waals surface area contributed by atoms with Crippen LogP contribution >= 0.6 is 0 Å². The van der Waals surface area contributed by atoms with Gasteiger partial charge in [-0.15, -0.1) is 0 Å². The lowest BCUT2D eigenvalue weighted by Gasteiger charge is -2.40. The number of amides is 1. The number of carbonyl (C=O) groups is 1. The SMILES string of the molecule is CC(C(=O)N1CCN(C(c2ccccc2)c2ccccc2)CC1)c1ncc(-c2ccccc2)[nH]1. The summed E-state index contributed by atoms with van der Waals surface area (Å²) in [6.45, 7) is 5.04. The number of benzene rings is 3. The minimum atomic E-state index is -0.303. The Balaban J connectivity index is 1.27. The molecule has 1 amide bonds. The molecule has 1 saturated heterocycles. The predicted octanol–water partition coefficient (Wildman–Crippen LogP) is 5.11. The first-order valence-electron chi connectivity index (χ1n) is 11.9. The second kappa shape index (κ2) is 10.1. The molecular weight excluding hydrogens is 420 g/mol. The zero-order valence-electron chi connectivity index (χ0n) is 19.5. The van der Waals surface area contributed by atoms with E-state index in [1.807, 2.05) is 48.4 Å². The van der Waals surface area contributed by atoms with Gasteiger partial charge in [0.2, 0.25) is 5.91 Å². The standard InChI is InChI=1S/C29H30N4O/c1-22(28-30-21-26(31-28)23-11-5-2-6-12-23)29(34)33-19-17-32(18-20-33)27(24-13-7-3-8-14-24)25-15-9-4-10-16-25/h2-16,21-22,27H,17-20H2,1H3,(H,30,31). The first-order chi connectivity index (χ1) is 16.7. The van der Waals surface area contributed by atoms with Crippen molar-refractivity contribution in [1.82, 2.24) is 19.8 Å². The third-order valence-electron chi connectivity index (χ3n) is 6.68. The molecule has 5 rings (SSSR count).